The molecule has 45 heavy (non-hydrogen) atoms. The second-order valence-corrected chi connectivity index (χ2v) is 13.1. The van der Waals surface area contributed by atoms with E-state index in [9.17, 15) is 9.59 Å². The molecule has 2 amide bonds. The van der Waals surface area contributed by atoms with E-state index in [0.29, 0.717) is 32.1 Å². The quantitative estimate of drug-likeness (QED) is 0.165. The summed E-state index contributed by atoms with van der Waals surface area (Å²) in [5.74, 6) is -0.0543. The standard InChI is InChI=1S/C15H17NO.C14H23NO4.C5H12O3Si/c1-3-4-5-13-7-9-14(10-8-13)16-12(2)6-11-15(16)17;1-11-5-6-14(16)15(11)12(2)9-19-13(3)10-18-8-7-17-4;1-5-9(6-2,7-3)8-4/h6-11H,2-5H2,1H3;5-6,12-13H,1,7-10H2,2-4H3;5H,1H2,2-4H3. The lowest BCUT2D eigenvalue weighted by atomic mass is 10.1. The van der Waals surface area contributed by atoms with E-state index in [1.807, 2.05) is 26.0 Å². The normalized spacial score (nSPS) is 15.5. The minimum atomic E-state index is -2.43. The molecule has 0 bridgehead atoms. The SMILES string of the molecule is C=C1C=CC(=O)N1C(C)COC(C)COCCOC.C=C1C=CC(=O)N1c1ccc(CCCC)cc1.C=C[Si](OC)(OC)OC. The van der Waals surface area contributed by atoms with Crippen LogP contribution in [-0.2, 0) is 43.5 Å². The number of anilines is 1. The van der Waals surface area contributed by atoms with Crippen LogP contribution in [0.1, 0.15) is 39.2 Å². The molecule has 2 atom stereocenters. The van der Waals surface area contributed by atoms with Crippen LogP contribution >= 0.6 is 0 Å². The van der Waals surface area contributed by atoms with Gasteiger partial charge in [0.25, 0.3) is 11.8 Å². The minimum Gasteiger partial charge on any atom is -0.382 e. The number of carbonyl (C=O) groups is 2. The molecule has 0 N–H and O–H groups in total. The Morgan fingerprint density at radius 1 is 0.844 bits per heavy atom. The second-order valence-electron chi connectivity index (χ2n) is 10.3. The molecule has 0 saturated heterocycles. The van der Waals surface area contributed by atoms with Crippen molar-refractivity contribution in [2.75, 3.05) is 59.8 Å². The van der Waals surface area contributed by atoms with Crippen molar-refractivity contribution in [3.8, 4) is 0 Å². The molecule has 2 unspecified atom stereocenters. The number of rotatable bonds is 17. The van der Waals surface area contributed by atoms with Gasteiger partial charge in [0.15, 0.2) is 0 Å². The Labute approximate surface area is 270 Å². The lowest BCUT2D eigenvalue weighted by molar-refractivity contribution is -0.126. The molecular formula is C34H52N2O8Si. The maximum Gasteiger partial charge on any atom is 0.528 e. The number of aryl methyl sites for hydroxylation is 1. The lowest BCUT2D eigenvalue weighted by Crippen LogP contribution is -2.40. The van der Waals surface area contributed by atoms with Crippen molar-refractivity contribution in [3.05, 3.63) is 91.0 Å². The van der Waals surface area contributed by atoms with Crippen LogP contribution in [0, 0.1) is 0 Å². The maximum absolute atomic E-state index is 11.6. The summed E-state index contributed by atoms with van der Waals surface area (Å²) in [6.45, 7) is 19.4. The number of nitrogens with zero attached hydrogens (tertiary/aromatic N) is 2. The summed E-state index contributed by atoms with van der Waals surface area (Å²) in [6.07, 6.45) is 10.0. The third kappa shape index (κ3) is 13.4. The van der Waals surface area contributed by atoms with E-state index in [1.54, 1.807) is 62.2 Å². The number of ether oxygens (including phenoxy) is 3. The molecule has 0 radical (unpaired) electrons. The summed E-state index contributed by atoms with van der Waals surface area (Å²) in [6, 6.07) is 8.12. The van der Waals surface area contributed by atoms with Crippen LogP contribution in [0.25, 0.3) is 0 Å². The third-order valence-electron chi connectivity index (χ3n) is 6.86. The van der Waals surface area contributed by atoms with Gasteiger partial charge in [-0.05, 0) is 62.2 Å². The molecule has 0 fully saturated rings. The largest absolute Gasteiger partial charge is 0.528 e. The van der Waals surface area contributed by atoms with Crippen molar-refractivity contribution in [2.45, 2.75) is 52.2 Å². The van der Waals surface area contributed by atoms with Crippen molar-refractivity contribution in [1.82, 2.24) is 4.90 Å². The van der Waals surface area contributed by atoms with Crippen molar-refractivity contribution in [3.63, 3.8) is 0 Å². The molecule has 3 rings (SSSR count). The smallest absolute Gasteiger partial charge is 0.382 e. The summed E-state index contributed by atoms with van der Waals surface area (Å²) in [4.78, 5) is 26.5. The Hall–Kier alpha value is -3.16. The van der Waals surface area contributed by atoms with Gasteiger partial charge in [0.05, 0.1) is 38.6 Å². The molecule has 0 aliphatic carbocycles. The summed E-state index contributed by atoms with van der Waals surface area (Å²) >= 11 is 0. The highest BCUT2D eigenvalue weighted by Gasteiger charge is 2.33. The molecule has 0 spiro atoms. The van der Waals surface area contributed by atoms with Gasteiger partial charge in [0.2, 0.25) is 0 Å². The minimum absolute atomic E-state index is 0.0155. The van der Waals surface area contributed by atoms with E-state index in [2.05, 4.69) is 38.8 Å². The first-order valence-corrected chi connectivity index (χ1v) is 16.8. The topological polar surface area (TPSA) is 96.0 Å². The number of hydrogen-bond donors (Lipinski definition) is 0. The van der Waals surface area contributed by atoms with Crippen molar-refractivity contribution in [1.29, 1.82) is 0 Å². The summed E-state index contributed by atoms with van der Waals surface area (Å²) in [5.41, 5.74) is 5.24. The number of allylic oxidation sites excluding steroid dienone is 2. The predicted molar refractivity (Wildman–Crippen MR) is 180 cm³/mol. The van der Waals surface area contributed by atoms with Crippen LogP contribution < -0.4 is 4.90 Å². The number of methoxy groups -OCH3 is 1. The summed E-state index contributed by atoms with van der Waals surface area (Å²) in [5, 5.41) is 0. The number of hydrogen-bond acceptors (Lipinski definition) is 8. The molecule has 1 aromatic rings. The molecule has 11 heteroatoms. The van der Waals surface area contributed by atoms with E-state index in [0.717, 1.165) is 17.8 Å². The first-order chi connectivity index (χ1) is 21.5. The van der Waals surface area contributed by atoms with Crippen LogP contribution in [0.4, 0.5) is 5.69 Å². The maximum atomic E-state index is 11.6. The molecule has 10 nitrogen and oxygen atoms in total. The fourth-order valence-electron chi connectivity index (χ4n) is 4.23. The van der Waals surface area contributed by atoms with Crippen molar-refractivity contribution < 1.29 is 37.1 Å². The molecule has 2 heterocycles. The zero-order valence-electron chi connectivity index (χ0n) is 28.1. The molecule has 2 aliphatic heterocycles. The van der Waals surface area contributed by atoms with Crippen molar-refractivity contribution >= 4 is 26.3 Å². The monoisotopic (exact) mass is 644 g/mol. The zero-order valence-corrected chi connectivity index (χ0v) is 29.1. The Balaban J connectivity index is 0.000000359. The van der Waals surface area contributed by atoms with Crippen LogP contribution in [0.15, 0.2) is 85.4 Å². The van der Waals surface area contributed by atoms with E-state index >= 15 is 0 Å². The zero-order chi connectivity index (χ0) is 33.8. The van der Waals surface area contributed by atoms with Gasteiger partial charge in [-0.15, -0.1) is 0 Å². The highest BCUT2D eigenvalue weighted by Crippen LogP contribution is 2.24. The second kappa shape index (κ2) is 21.6. The van der Waals surface area contributed by atoms with E-state index in [-0.39, 0.29) is 24.0 Å². The molecular weight excluding hydrogens is 592 g/mol. The van der Waals surface area contributed by atoms with Crippen molar-refractivity contribution in [2.24, 2.45) is 0 Å². The number of amides is 2. The van der Waals surface area contributed by atoms with E-state index in [1.165, 1.54) is 24.5 Å². The lowest BCUT2D eigenvalue weighted by Gasteiger charge is -2.26. The average Bonchev–Trinajstić information content (AvgIpc) is 3.57. The van der Waals surface area contributed by atoms with Gasteiger partial charge >= 0.3 is 8.80 Å². The van der Waals surface area contributed by atoms with Gasteiger partial charge < -0.3 is 32.4 Å². The number of benzene rings is 1. The molecule has 2 aliphatic rings. The molecule has 250 valence electrons. The summed E-state index contributed by atoms with van der Waals surface area (Å²) < 4.78 is 30.8. The Morgan fingerprint density at radius 3 is 1.89 bits per heavy atom. The van der Waals surface area contributed by atoms with Crippen LogP contribution in [0.2, 0.25) is 0 Å². The first-order valence-electron chi connectivity index (χ1n) is 15.0. The first kappa shape index (κ1) is 39.9. The Bertz CT molecular complexity index is 1100. The molecule has 0 saturated carbocycles. The van der Waals surface area contributed by atoms with Gasteiger partial charge in [-0.1, -0.05) is 45.2 Å². The van der Waals surface area contributed by atoms with E-state index < -0.39 is 8.80 Å². The molecule has 1 aromatic carbocycles. The third-order valence-corrected chi connectivity index (χ3v) is 9.06. The van der Waals surface area contributed by atoms with Gasteiger partial charge in [0.1, 0.15) is 0 Å². The Kier molecular flexibility index (Phi) is 19.1. The van der Waals surface area contributed by atoms with Crippen LogP contribution in [-0.4, -0.2) is 92.5 Å². The van der Waals surface area contributed by atoms with Gasteiger partial charge in [-0.25, -0.2) is 0 Å². The van der Waals surface area contributed by atoms with Gasteiger partial charge in [-0.2, -0.15) is 0 Å². The highest BCUT2D eigenvalue weighted by atomic mass is 28.4. The fraction of sp³-hybridized carbons (Fsp3) is 0.471. The highest BCUT2D eigenvalue weighted by molar-refractivity contribution is 6.66. The van der Waals surface area contributed by atoms with Crippen LogP contribution in [0.5, 0.6) is 0 Å². The predicted octanol–water partition coefficient (Wildman–Crippen LogP) is 5.39. The fourth-order valence-corrected chi connectivity index (χ4v) is 5.23. The van der Waals surface area contributed by atoms with Gasteiger partial charge in [0, 0.05) is 57.7 Å². The average molecular weight is 645 g/mol. The molecule has 0 aromatic heterocycles. The van der Waals surface area contributed by atoms with Crippen LogP contribution in [0.3, 0.4) is 0 Å². The number of unbranched alkanes of at least 4 members (excludes halogenated alkanes) is 1. The van der Waals surface area contributed by atoms with E-state index in [4.69, 9.17) is 27.5 Å². The van der Waals surface area contributed by atoms with Gasteiger partial charge in [-0.3, -0.25) is 14.5 Å². The number of carbonyl (C=O) groups excluding carboxylic acids is 2. The summed E-state index contributed by atoms with van der Waals surface area (Å²) in [7, 11) is 3.84. The Morgan fingerprint density at radius 2 is 1.44 bits per heavy atom.